The summed E-state index contributed by atoms with van der Waals surface area (Å²) in [5, 5.41) is 3.25. The van der Waals surface area contributed by atoms with E-state index in [1.54, 1.807) is 0 Å². The van der Waals surface area contributed by atoms with E-state index in [1.807, 2.05) is 30.3 Å². The number of halogens is 6. The zero-order valence-electron chi connectivity index (χ0n) is 20.1. The highest BCUT2D eigenvalue weighted by molar-refractivity contribution is 5.50. The fourth-order valence-corrected chi connectivity index (χ4v) is 5.80. The zero-order chi connectivity index (χ0) is 26.2. The molecule has 1 N–H and O–H groups in total. The molecule has 2 heterocycles. The van der Waals surface area contributed by atoms with Gasteiger partial charge in [-0.05, 0) is 78.7 Å². The molecule has 2 aliphatic rings. The molecule has 37 heavy (non-hydrogen) atoms. The molecule has 1 unspecified atom stereocenters. The molecule has 0 amide bonds. The summed E-state index contributed by atoms with van der Waals surface area (Å²) in [6.07, 6.45) is -6.75. The van der Waals surface area contributed by atoms with Crippen LogP contribution in [0.4, 0.5) is 32.0 Å². The van der Waals surface area contributed by atoms with Crippen LogP contribution < -0.4 is 10.2 Å². The number of alkyl halides is 6. The summed E-state index contributed by atoms with van der Waals surface area (Å²) in [5.41, 5.74) is 0.460. The van der Waals surface area contributed by atoms with E-state index >= 15 is 0 Å². The molecule has 3 aromatic rings. The number of rotatable bonds is 4. The monoisotopic (exact) mass is 518 g/mol. The summed E-state index contributed by atoms with van der Waals surface area (Å²) in [7, 11) is 0. The quantitative estimate of drug-likeness (QED) is 0.353. The molecule has 0 bridgehead atoms. The van der Waals surface area contributed by atoms with E-state index in [2.05, 4.69) is 34.5 Å². The number of nitrogens with one attached hydrogen (secondary N) is 1. The van der Waals surface area contributed by atoms with Gasteiger partial charge in [-0.15, -0.1) is 0 Å². The van der Waals surface area contributed by atoms with Gasteiger partial charge in [-0.1, -0.05) is 42.5 Å². The minimum absolute atomic E-state index is 0.00519. The minimum Gasteiger partial charge on any atom is -0.372 e. The molecule has 3 atom stereocenters. The van der Waals surface area contributed by atoms with Crippen molar-refractivity contribution < 1.29 is 26.3 Å². The first-order valence-corrected chi connectivity index (χ1v) is 12.5. The Balaban J connectivity index is 1.57. The van der Waals surface area contributed by atoms with Gasteiger partial charge in [0.05, 0.1) is 11.1 Å². The van der Waals surface area contributed by atoms with Gasteiger partial charge >= 0.3 is 12.4 Å². The lowest BCUT2D eigenvalue weighted by Gasteiger charge is -2.40. The van der Waals surface area contributed by atoms with Crippen LogP contribution in [0.15, 0.2) is 72.8 Å². The van der Waals surface area contributed by atoms with E-state index in [1.165, 1.54) is 0 Å². The molecule has 0 saturated carbocycles. The molecule has 0 radical (unpaired) electrons. The first kappa shape index (κ1) is 25.6. The fourth-order valence-electron chi connectivity index (χ4n) is 5.80. The lowest BCUT2D eigenvalue weighted by molar-refractivity contribution is -0.143. The maximum Gasteiger partial charge on any atom is 0.416 e. The highest BCUT2D eigenvalue weighted by Crippen LogP contribution is 2.48. The number of nitrogens with zero attached hydrogens (tertiary/aromatic N) is 1. The highest BCUT2D eigenvalue weighted by atomic mass is 19.4. The van der Waals surface area contributed by atoms with Crippen molar-refractivity contribution in [3.63, 3.8) is 0 Å². The van der Waals surface area contributed by atoms with Gasteiger partial charge in [0, 0.05) is 30.7 Å². The molecule has 2 saturated heterocycles. The molecule has 5 rings (SSSR count). The van der Waals surface area contributed by atoms with E-state index < -0.39 is 29.5 Å². The van der Waals surface area contributed by atoms with Crippen LogP contribution in [0.3, 0.4) is 0 Å². The predicted octanol–water partition coefficient (Wildman–Crippen LogP) is 7.93. The average molecular weight is 519 g/mol. The van der Waals surface area contributed by atoms with Crippen molar-refractivity contribution >= 4 is 5.69 Å². The SMILES string of the molecule is FC(F)(F)c1cc([C@H]2NCCC(c3ccc(N4CCCC4)cc3)[C@H]2c2ccccc2)cc(C(F)(F)F)c1. The Morgan fingerprint density at radius 2 is 1.27 bits per heavy atom. The Labute approximate surface area is 212 Å². The van der Waals surface area contributed by atoms with Gasteiger partial charge in [0.2, 0.25) is 0 Å². The lowest BCUT2D eigenvalue weighted by atomic mass is 9.71. The Bertz CT molecular complexity index is 1170. The standard InChI is InChI=1S/C29H28F6N2/c30-28(31,32)22-16-21(17-23(18-22)29(33,34)35)27-26(20-6-2-1-3-7-20)25(12-13-36-27)19-8-10-24(11-9-19)37-14-4-5-15-37/h1-3,6-11,16-18,25-27,36H,4-5,12-15H2/t25?,26-,27-/m1/s1. The predicted molar refractivity (Wildman–Crippen MR) is 132 cm³/mol. The van der Waals surface area contributed by atoms with Gasteiger partial charge in [0.1, 0.15) is 0 Å². The van der Waals surface area contributed by atoms with Crippen molar-refractivity contribution in [2.75, 3.05) is 24.5 Å². The van der Waals surface area contributed by atoms with Crippen molar-refractivity contribution in [1.82, 2.24) is 5.32 Å². The summed E-state index contributed by atoms with van der Waals surface area (Å²) in [6, 6.07) is 18.8. The van der Waals surface area contributed by atoms with Crippen LogP contribution in [0, 0.1) is 0 Å². The number of anilines is 1. The van der Waals surface area contributed by atoms with Crippen LogP contribution in [0.2, 0.25) is 0 Å². The van der Waals surface area contributed by atoms with Gasteiger partial charge in [0.15, 0.2) is 0 Å². The van der Waals surface area contributed by atoms with Crippen molar-refractivity contribution in [3.05, 3.63) is 101 Å². The third-order valence-electron chi connectivity index (χ3n) is 7.56. The second-order valence-corrected chi connectivity index (χ2v) is 9.89. The van der Waals surface area contributed by atoms with Crippen LogP contribution in [0.25, 0.3) is 0 Å². The maximum atomic E-state index is 13.6. The molecule has 2 aliphatic heterocycles. The molecule has 0 aliphatic carbocycles. The topological polar surface area (TPSA) is 15.3 Å². The van der Waals surface area contributed by atoms with Crippen molar-refractivity contribution in [3.8, 4) is 0 Å². The summed E-state index contributed by atoms with van der Waals surface area (Å²) in [4.78, 5) is 2.32. The summed E-state index contributed by atoms with van der Waals surface area (Å²) < 4.78 is 81.8. The fraction of sp³-hybridized carbons (Fsp3) is 0.379. The first-order valence-electron chi connectivity index (χ1n) is 12.5. The zero-order valence-corrected chi connectivity index (χ0v) is 20.1. The Hall–Kier alpha value is -3.00. The largest absolute Gasteiger partial charge is 0.416 e. The molecule has 3 aromatic carbocycles. The summed E-state index contributed by atoms with van der Waals surface area (Å²) in [6.45, 7) is 2.50. The number of hydrogen-bond acceptors (Lipinski definition) is 2. The smallest absolute Gasteiger partial charge is 0.372 e. The van der Waals surface area contributed by atoms with Gasteiger partial charge in [-0.2, -0.15) is 26.3 Å². The summed E-state index contributed by atoms with van der Waals surface area (Å²) in [5.74, 6) is -0.428. The average Bonchev–Trinajstić information content (AvgIpc) is 3.43. The van der Waals surface area contributed by atoms with Crippen LogP contribution in [0.1, 0.15) is 65.0 Å². The van der Waals surface area contributed by atoms with E-state index in [-0.39, 0.29) is 23.5 Å². The van der Waals surface area contributed by atoms with Crippen LogP contribution >= 0.6 is 0 Å². The second kappa shape index (κ2) is 10.0. The van der Waals surface area contributed by atoms with E-state index in [0.29, 0.717) is 13.0 Å². The molecular weight excluding hydrogens is 490 g/mol. The van der Waals surface area contributed by atoms with Crippen LogP contribution in [-0.2, 0) is 12.4 Å². The maximum absolute atomic E-state index is 13.6. The molecule has 196 valence electrons. The normalized spacial score (nSPS) is 22.9. The lowest BCUT2D eigenvalue weighted by Crippen LogP contribution is -2.38. The van der Waals surface area contributed by atoms with E-state index in [4.69, 9.17) is 0 Å². The Morgan fingerprint density at radius 1 is 0.676 bits per heavy atom. The minimum atomic E-state index is -4.89. The van der Waals surface area contributed by atoms with Gasteiger partial charge in [0.25, 0.3) is 0 Å². The van der Waals surface area contributed by atoms with Crippen molar-refractivity contribution in [2.45, 2.75) is 49.5 Å². The van der Waals surface area contributed by atoms with E-state index in [9.17, 15) is 26.3 Å². The van der Waals surface area contributed by atoms with Crippen LogP contribution in [-0.4, -0.2) is 19.6 Å². The second-order valence-electron chi connectivity index (χ2n) is 9.89. The highest BCUT2D eigenvalue weighted by Gasteiger charge is 2.41. The number of piperidine rings is 1. The first-order chi connectivity index (χ1) is 17.6. The van der Waals surface area contributed by atoms with Gasteiger partial charge in [-0.25, -0.2) is 0 Å². The van der Waals surface area contributed by atoms with Gasteiger partial charge < -0.3 is 10.2 Å². The number of hydrogen-bond donors (Lipinski definition) is 1. The molecule has 0 aromatic heterocycles. The molecular formula is C29H28F6N2. The van der Waals surface area contributed by atoms with Crippen molar-refractivity contribution in [1.29, 1.82) is 0 Å². The molecule has 8 heteroatoms. The number of benzene rings is 3. The third-order valence-corrected chi connectivity index (χ3v) is 7.56. The Kier molecular flexibility index (Phi) is 6.96. The summed E-state index contributed by atoms with van der Waals surface area (Å²) >= 11 is 0. The van der Waals surface area contributed by atoms with E-state index in [0.717, 1.165) is 54.9 Å². The van der Waals surface area contributed by atoms with Crippen molar-refractivity contribution in [2.24, 2.45) is 0 Å². The third kappa shape index (κ3) is 5.49. The van der Waals surface area contributed by atoms with Crippen LogP contribution in [0.5, 0.6) is 0 Å². The molecule has 0 spiro atoms. The molecule has 2 nitrogen and oxygen atoms in total. The molecule has 2 fully saturated rings. The Morgan fingerprint density at radius 3 is 1.84 bits per heavy atom. The van der Waals surface area contributed by atoms with Gasteiger partial charge in [-0.3, -0.25) is 0 Å².